The molecule has 0 aliphatic heterocycles. The second kappa shape index (κ2) is 4.66. The zero-order chi connectivity index (χ0) is 8.91. The summed E-state index contributed by atoms with van der Waals surface area (Å²) in [5, 5.41) is 0.302. The summed E-state index contributed by atoms with van der Waals surface area (Å²) in [6.45, 7) is 0. The summed E-state index contributed by atoms with van der Waals surface area (Å²) >= 11 is 2.97. The molecule has 0 unspecified atom stereocenters. The van der Waals surface area contributed by atoms with E-state index in [2.05, 4.69) is 21.9 Å². The standard InChI is InChI=1S/C7H8BrF3/c1-2-3-6(5-8)4-7(9,10)11/h1,6H,3-5H2/t6-/m0/s1. The van der Waals surface area contributed by atoms with E-state index in [1.807, 2.05) is 0 Å². The molecule has 0 aliphatic carbocycles. The van der Waals surface area contributed by atoms with Gasteiger partial charge in [0.1, 0.15) is 0 Å². The van der Waals surface area contributed by atoms with Crippen molar-refractivity contribution >= 4 is 15.9 Å². The van der Waals surface area contributed by atoms with E-state index >= 15 is 0 Å². The summed E-state index contributed by atoms with van der Waals surface area (Å²) in [4.78, 5) is 0. The first kappa shape index (κ1) is 10.8. The average Bonchev–Trinajstić information content (AvgIpc) is 1.84. The Hall–Kier alpha value is -0.170. The summed E-state index contributed by atoms with van der Waals surface area (Å²) in [6.07, 6.45) is 0.152. The van der Waals surface area contributed by atoms with Crippen LogP contribution in [0.15, 0.2) is 0 Å². The van der Waals surface area contributed by atoms with E-state index < -0.39 is 18.5 Å². The molecule has 11 heavy (non-hydrogen) atoms. The zero-order valence-corrected chi connectivity index (χ0v) is 7.37. The van der Waals surface area contributed by atoms with Crippen LogP contribution in [-0.2, 0) is 0 Å². The van der Waals surface area contributed by atoms with Crippen molar-refractivity contribution in [2.75, 3.05) is 5.33 Å². The molecule has 0 bridgehead atoms. The Labute approximate surface area is 72.3 Å². The van der Waals surface area contributed by atoms with E-state index in [0.717, 1.165) is 0 Å². The minimum atomic E-state index is -4.10. The van der Waals surface area contributed by atoms with Gasteiger partial charge in [0.2, 0.25) is 0 Å². The van der Waals surface area contributed by atoms with Crippen LogP contribution in [0.1, 0.15) is 12.8 Å². The summed E-state index contributed by atoms with van der Waals surface area (Å²) in [5.41, 5.74) is 0. The Bertz CT molecular complexity index is 145. The number of alkyl halides is 4. The average molecular weight is 229 g/mol. The van der Waals surface area contributed by atoms with Gasteiger partial charge in [0, 0.05) is 18.2 Å². The zero-order valence-electron chi connectivity index (χ0n) is 5.79. The van der Waals surface area contributed by atoms with Crippen LogP contribution in [0, 0.1) is 18.3 Å². The molecule has 0 aromatic heterocycles. The topological polar surface area (TPSA) is 0 Å². The van der Waals surface area contributed by atoms with Crippen LogP contribution in [0.4, 0.5) is 13.2 Å². The summed E-state index contributed by atoms with van der Waals surface area (Å²) in [7, 11) is 0. The molecule has 0 radical (unpaired) electrons. The molecule has 0 nitrogen and oxygen atoms in total. The van der Waals surface area contributed by atoms with Crippen LogP contribution in [0.25, 0.3) is 0 Å². The molecule has 0 N–H and O–H groups in total. The first-order valence-electron chi connectivity index (χ1n) is 3.05. The van der Waals surface area contributed by atoms with Crippen LogP contribution >= 0.6 is 15.9 Å². The summed E-state index contributed by atoms with van der Waals surface area (Å²) in [5.74, 6) is 1.73. The number of halogens is 4. The van der Waals surface area contributed by atoms with Crippen molar-refractivity contribution in [2.45, 2.75) is 19.0 Å². The Kier molecular flexibility index (Phi) is 4.58. The van der Waals surface area contributed by atoms with Crippen LogP contribution in [0.3, 0.4) is 0 Å². The Balaban J connectivity index is 3.80. The Morgan fingerprint density at radius 3 is 2.27 bits per heavy atom. The molecule has 64 valence electrons. The molecule has 0 saturated carbocycles. The van der Waals surface area contributed by atoms with Crippen molar-refractivity contribution in [3.63, 3.8) is 0 Å². The molecule has 0 aliphatic rings. The van der Waals surface area contributed by atoms with Crippen molar-refractivity contribution in [2.24, 2.45) is 5.92 Å². The lowest BCUT2D eigenvalue weighted by Crippen LogP contribution is -2.15. The summed E-state index contributed by atoms with van der Waals surface area (Å²) < 4.78 is 35.2. The highest BCUT2D eigenvalue weighted by molar-refractivity contribution is 9.09. The molecule has 0 rings (SSSR count). The van der Waals surface area contributed by atoms with Crippen LogP contribution in [-0.4, -0.2) is 11.5 Å². The fourth-order valence-electron chi connectivity index (χ4n) is 0.675. The molecule has 0 aromatic rings. The van der Waals surface area contributed by atoms with Gasteiger partial charge in [-0.25, -0.2) is 0 Å². The summed E-state index contributed by atoms with van der Waals surface area (Å²) in [6, 6.07) is 0. The number of hydrogen-bond donors (Lipinski definition) is 0. The van der Waals surface area contributed by atoms with Gasteiger partial charge in [-0.2, -0.15) is 13.2 Å². The normalized spacial score (nSPS) is 14.1. The Morgan fingerprint density at radius 2 is 2.00 bits per heavy atom. The van der Waals surface area contributed by atoms with Crippen molar-refractivity contribution < 1.29 is 13.2 Å². The van der Waals surface area contributed by atoms with Gasteiger partial charge in [0.15, 0.2) is 0 Å². The van der Waals surface area contributed by atoms with E-state index in [-0.39, 0.29) is 6.42 Å². The SMILES string of the molecule is C#CC[C@H](CBr)CC(F)(F)F. The van der Waals surface area contributed by atoms with Crippen molar-refractivity contribution in [1.29, 1.82) is 0 Å². The fourth-order valence-corrected chi connectivity index (χ4v) is 1.13. The van der Waals surface area contributed by atoms with Gasteiger partial charge < -0.3 is 0 Å². The third-order valence-electron chi connectivity index (χ3n) is 1.14. The molecular formula is C7H8BrF3. The highest BCUT2D eigenvalue weighted by Gasteiger charge is 2.30. The molecule has 0 amide bonds. The highest BCUT2D eigenvalue weighted by atomic mass is 79.9. The van der Waals surface area contributed by atoms with Gasteiger partial charge in [-0.15, -0.1) is 12.3 Å². The van der Waals surface area contributed by atoms with Crippen molar-refractivity contribution in [1.82, 2.24) is 0 Å². The van der Waals surface area contributed by atoms with E-state index in [1.54, 1.807) is 0 Å². The molecule has 1 atom stereocenters. The number of rotatable bonds is 3. The van der Waals surface area contributed by atoms with Gasteiger partial charge in [-0.1, -0.05) is 15.9 Å². The highest BCUT2D eigenvalue weighted by Crippen LogP contribution is 2.27. The van der Waals surface area contributed by atoms with E-state index in [0.29, 0.717) is 5.33 Å². The van der Waals surface area contributed by atoms with E-state index in [4.69, 9.17) is 6.42 Å². The lowest BCUT2D eigenvalue weighted by molar-refractivity contribution is -0.142. The number of terminal acetylenes is 1. The maximum absolute atomic E-state index is 11.7. The van der Waals surface area contributed by atoms with Gasteiger partial charge in [-0.05, 0) is 5.92 Å². The van der Waals surface area contributed by atoms with Gasteiger partial charge >= 0.3 is 6.18 Å². The quantitative estimate of drug-likeness (QED) is 0.515. The molecule has 0 aromatic carbocycles. The van der Waals surface area contributed by atoms with Gasteiger partial charge in [0.05, 0.1) is 0 Å². The van der Waals surface area contributed by atoms with Crippen molar-refractivity contribution in [3.8, 4) is 12.3 Å². The minimum absolute atomic E-state index is 0.171. The van der Waals surface area contributed by atoms with E-state index in [9.17, 15) is 13.2 Å². The molecule has 0 saturated heterocycles. The maximum Gasteiger partial charge on any atom is 0.389 e. The molecule has 0 spiro atoms. The predicted molar refractivity (Wildman–Crippen MR) is 41.4 cm³/mol. The van der Waals surface area contributed by atoms with Gasteiger partial charge in [-0.3, -0.25) is 0 Å². The number of hydrogen-bond acceptors (Lipinski definition) is 0. The third kappa shape index (κ3) is 6.24. The predicted octanol–water partition coefficient (Wildman–Crippen LogP) is 2.97. The second-order valence-electron chi connectivity index (χ2n) is 2.25. The Morgan fingerprint density at radius 1 is 1.45 bits per heavy atom. The molecular weight excluding hydrogens is 221 g/mol. The second-order valence-corrected chi connectivity index (χ2v) is 2.90. The monoisotopic (exact) mass is 228 g/mol. The maximum atomic E-state index is 11.7. The largest absolute Gasteiger partial charge is 0.389 e. The van der Waals surface area contributed by atoms with Crippen LogP contribution < -0.4 is 0 Å². The smallest absolute Gasteiger partial charge is 0.171 e. The minimum Gasteiger partial charge on any atom is -0.171 e. The first-order chi connectivity index (χ1) is 4.99. The first-order valence-corrected chi connectivity index (χ1v) is 4.18. The molecule has 0 heterocycles. The molecule has 0 fully saturated rings. The van der Waals surface area contributed by atoms with Crippen LogP contribution in [0.5, 0.6) is 0 Å². The van der Waals surface area contributed by atoms with Crippen LogP contribution in [0.2, 0.25) is 0 Å². The fraction of sp³-hybridized carbons (Fsp3) is 0.714. The lowest BCUT2D eigenvalue weighted by Gasteiger charge is -2.12. The molecule has 4 heteroatoms. The lowest BCUT2D eigenvalue weighted by atomic mass is 10.0. The third-order valence-corrected chi connectivity index (χ3v) is 2.06. The van der Waals surface area contributed by atoms with Crippen molar-refractivity contribution in [3.05, 3.63) is 0 Å². The van der Waals surface area contributed by atoms with E-state index in [1.165, 1.54) is 0 Å². The van der Waals surface area contributed by atoms with Gasteiger partial charge in [0.25, 0.3) is 0 Å².